The Balaban J connectivity index is 2.43. The molecule has 1 heterocycles. The highest BCUT2D eigenvalue weighted by atomic mass is 32.2. The van der Waals surface area contributed by atoms with Crippen LogP contribution >= 0.6 is 11.8 Å². The summed E-state index contributed by atoms with van der Waals surface area (Å²) < 4.78 is 1.56. The quantitative estimate of drug-likeness (QED) is 0.581. The maximum absolute atomic E-state index is 11.3. The summed E-state index contributed by atoms with van der Waals surface area (Å²) in [5.74, 6) is -0.0289. The first-order chi connectivity index (χ1) is 8.38. The Kier molecular flexibility index (Phi) is 5.01. The van der Waals surface area contributed by atoms with E-state index >= 15 is 0 Å². The second kappa shape index (κ2) is 6.08. The van der Waals surface area contributed by atoms with Crippen molar-refractivity contribution in [1.29, 1.82) is 0 Å². The van der Waals surface area contributed by atoms with Crippen molar-refractivity contribution in [1.82, 2.24) is 14.8 Å². The monoisotopic (exact) mass is 273 g/mol. The van der Waals surface area contributed by atoms with E-state index < -0.39 is 11.4 Å². The molecular formula is C11H19N3O3S. The van der Waals surface area contributed by atoms with E-state index in [1.807, 2.05) is 6.92 Å². The van der Waals surface area contributed by atoms with Crippen molar-refractivity contribution in [3.05, 3.63) is 10.5 Å². The van der Waals surface area contributed by atoms with E-state index in [0.717, 1.165) is 12.2 Å². The highest BCUT2D eigenvalue weighted by Gasteiger charge is 2.26. The lowest BCUT2D eigenvalue weighted by atomic mass is 9.88. The number of carbonyl (C=O) groups is 1. The first-order valence-electron chi connectivity index (χ1n) is 5.90. The van der Waals surface area contributed by atoms with Gasteiger partial charge < -0.3 is 5.11 Å². The zero-order chi connectivity index (χ0) is 13.8. The Morgan fingerprint density at radius 3 is 2.78 bits per heavy atom. The molecule has 0 aliphatic carbocycles. The third-order valence-corrected chi connectivity index (χ3v) is 3.86. The lowest BCUT2D eigenvalue weighted by Crippen LogP contribution is -2.23. The molecule has 0 bridgehead atoms. The van der Waals surface area contributed by atoms with Crippen LogP contribution in [0.1, 0.15) is 33.6 Å². The molecule has 1 aromatic rings. The summed E-state index contributed by atoms with van der Waals surface area (Å²) in [5, 5.41) is 16.0. The molecular weight excluding hydrogens is 254 g/mol. The fourth-order valence-corrected chi connectivity index (χ4v) is 2.43. The third-order valence-electron chi connectivity index (χ3n) is 2.80. The molecule has 18 heavy (non-hydrogen) atoms. The number of hydrogen-bond acceptors (Lipinski definition) is 4. The number of H-pyrrole nitrogens is 1. The van der Waals surface area contributed by atoms with Crippen LogP contribution in [-0.4, -0.2) is 31.6 Å². The van der Waals surface area contributed by atoms with Gasteiger partial charge in [-0.1, -0.05) is 11.8 Å². The maximum Gasteiger partial charge on any atom is 0.343 e. The number of aromatic nitrogens is 3. The minimum Gasteiger partial charge on any atom is -0.481 e. The summed E-state index contributed by atoms with van der Waals surface area (Å²) in [7, 11) is 0. The van der Waals surface area contributed by atoms with Gasteiger partial charge in [0, 0.05) is 12.3 Å². The Bertz CT molecular complexity index is 464. The molecule has 0 unspecified atom stereocenters. The van der Waals surface area contributed by atoms with E-state index in [9.17, 15) is 9.59 Å². The van der Waals surface area contributed by atoms with Gasteiger partial charge >= 0.3 is 11.7 Å². The third kappa shape index (κ3) is 3.63. The fraction of sp³-hybridized carbons (Fsp3) is 0.727. The van der Waals surface area contributed by atoms with Crippen LogP contribution in [0.3, 0.4) is 0 Å². The minimum atomic E-state index is -0.780. The number of thioether (sulfide) groups is 1. The van der Waals surface area contributed by atoms with Crippen molar-refractivity contribution in [2.45, 2.75) is 45.3 Å². The van der Waals surface area contributed by atoms with Crippen molar-refractivity contribution in [2.24, 2.45) is 5.41 Å². The molecule has 0 fully saturated rings. The molecule has 7 heteroatoms. The van der Waals surface area contributed by atoms with E-state index in [2.05, 4.69) is 10.2 Å². The number of carboxylic acids is 1. The van der Waals surface area contributed by atoms with E-state index in [1.165, 1.54) is 11.8 Å². The van der Waals surface area contributed by atoms with Gasteiger partial charge in [-0.3, -0.25) is 9.36 Å². The van der Waals surface area contributed by atoms with Crippen LogP contribution < -0.4 is 5.69 Å². The van der Waals surface area contributed by atoms with Gasteiger partial charge in [0.15, 0.2) is 5.16 Å². The van der Waals surface area contributed by atoms with Crippen LogP contribution in [0.5, 0.6) is 0 Å². The number of nitrogens with one attached hydrogen (secondary N) is 1. The van der Waals surface area contributed by atoms with Crippen LogP contribution in [0.25, 0.3) is 0 Å². The Morgan fingerprint density at radius 1 is 1.56 bits per heavy atom. The number of carboxylic acid groups (broad SMARTS) is 1. The largest absolute Gasteiger partial charge is 0.481 e. The zero-order valence-corrected chi connectivity index (χ0v) is 11.7. The SMILES string of the molecule is CCn1c(SCCCC(C)(C)C(=O)O)n[nH]c1=O. The molecule has 2 N–H and O–H groups in total. The molecule has 0 aliphatic rings. The average molecular weight is 273 g/mol. The summed E-state index contributed by atoms with van der Waals surface area (Å²) in [6.07, 6.45) is 1.38. The molecule has 0 radical (unpaired) electrons. The lowest BCUT2D eigenvalue weighted by molar-refractivity contribution is -0.147. The van der Waals surface area contributed by atoms with Gasteiger partial charge in [0.25, 0.3) is 0 Å². The summed E-state index contributed by atoms with van der Waals surface area (Å²) in [5.41, 5.74) is -0.901. The summed E-state index contributed by atoms with van der Waals surface area (Å²) >= 11 is 1.47. The number of aliphatic carboxylic acids is 1. The van der Waals surface area contributed by atoms with E-state index in [0.29, 0.717) is 18.1 Å². The summed E-state index contributed by atoms with van der Waals surface area (Å²) in [4.78, 5) is 22.2. The number of aromatic amines is 1. The van der Waals surface area contributed by atoms with E-state index in [1.54, 1.807) is 18.4 Å². The van der Waals surface area contributed by atoms with Crippen LogP contribution in [0.4, 0.5) is 0 Å². The highest BCUT2D eigenvalue weighted by Crippen LogP contribution is 2.24. The topological polar surface area (TPSA) is 88.0 Å². The standard InChI is InChI=1S/C11H19N3O3S/c1-4-14-9(17)12-13-10(14)18-7-5-6-11(2,3)8(15)16/h4-7H2,1-3H3,(H,12,17)(H,15,16). The van der Waals surface area contributed by atoms with Crippen LogP contribution in [0, 0.1) is 5.41 Å². The Labute approximate surface area is 110 Å². The van der Waals surface area contributed by atoms with Crippen molar-refractivity contribution >= 4 is 17.7 Å². The molecule has 0 saturated carbocycles. The molecule has 0 atom stereocenters. The van der Waals surface area contributed by atoms with E-state index in [4.69, 9.17) is 5.11 Å². The molecule has 102 valence electrons. The van der Waals surface area contributed by atoms with Gasteiger partial charge in [-0.05, 0) is 33.6 Å². The normalized spacial score (nSPS) is 11.7. The van der Waals surface area contributed by atoms with Gasteiger partial charge in [0.1, 0.15) is 0 Å². The van der Waals surface area contributed by atoms with Gasteiger partial charge in [-0.15, -0.1) is 5.10 Å². The Morgan fingerprint density at radius 2 is 2.22 bits per heavy atom. The van der Waals surface area contributed by atoms with Crippen LogP contribution in [-0.2, 0) is 11.3 Å². The number of rotatable bonds is 7. The first-order valence-corrected chi connectivity index (χ1v) is 6.88. The van der Waals surface area contributed by atoms with Gasteiger partial charge in [-0.2, -0.15) is 0 Å². The minimum absolute atomic E-state index is 0.203. The first kappa shape index (κ1) is 14.8. The number of hydrogen-bond donors (Lipinski definition) is 2. The van der Waals surface area contributed by atoms with Crippen LogP contribution in [0.15, 0.2) is 9.95 Å². The second-order valence-electron chi connectivity index (χ2n) is 4.70. The van der Waals surface area contributed by atoms with Crippen molar-refractivity contribution in [3.63, 3.8) is 0 Å². The molecule has 1 rings (SSSR count). The van der Waals surface area contributed by atoms with Crippen molar-refractivity contribution in [2.75, 3.05) is 5.75 Å². The smallest absolute Gasteiger partial charge is 0.343 e. The molecule has 0 aromatic carbocycles. The highest BCUT2D eigenvalue weighted by molar-refractivity contribution is 7.99. The van der Waals surface area contributed by atoms with Gasteiger partial charge in [0.05, 0.1) is 5.41 Å². The van der Waals surface area contributed by atoms with Gasteiger partial charge in [0.2, 0.25) is 0 Å². The molecule has 0 saturated heterocycles. The Hall–Kier alpha value is -1.24. The molecule has 1 aromatic heterocycles. The summed E-state index contributed by atoms with van der Waals surface area (Å²) in [6, 6.07) is 0. The molecule has 0 spiro atoms. The molecule has 0 amide bonds. The number of nitrogens with zero attached hydrogens (tertiary/aromatic N) is 2. The molecule has 6 nitrogen and oxygen atoms in total. The zero-order valence-electron chi connectivity index (χ0n) is 10.9. The molecule has 0 aliphatic heterocycles. The summed E-state index contributed by atoms with van der Waals surface area (Å²) in [6.45, 7) is 5.90. The lowest BCUT2D eigenvalue weighted by Gasteiger charge is -2.18. The maximum atomic E-state index is 11.3. The predicted octanol–water partition coefficient (Wildman–Crippen LogP) is 1.57. The predicted molar refractivity (Wildman–Crippen MR) is 69.9 cm³/mol. The van der Waals surface area contributed by atoms with Crippen molar-refractivity contribution in [3.8, 4) is 0 Å². The van der Waals surface area contributed by atoms with Gasteiger partial charge in [-0.25, -0.2) is 9.89 Å². The fourth-order valence-electron chi connectivity index (χ4n) is 1.48. The van der Waals surface area contributed by atoms with E-state index in [-0.39, 0.29) is 5.69 Å². The second-order valence-corrected chi connectivity index (χ2v) is 5.76. The van der Waals surface area contributed by atoms with Crippen molar-refractivity contribution < 1.29 is 9.90 Å². The average Bonchev–Trinajstić information content (AvgIpc) is 2.65. The van der Waals surface area contributed by atoms with Crippen LogP contribution in [0.2, 0.25) is 0 Å².